The normalized spacial score (nSPS) is 10.3. The molecule has 0 spiro atoms. The van der Waals surface area contributed by atoms with Crippen molar-refractivity contribution in [2.45, 2.75) is 6.92 Å². The average molecular weight is 222 g/mol. The molecular weight excluding hydrogens is 214 g/mol. The second-order valence-corrected chi connectivity index (χ2v) is 3.44. The van der Waals surface area contributed by atoms with E-state index in [1.807, 2.05) is 0 Å². The highest BCUT2D eigenvalue weighted by molar-refractivity contribution is 6.31. The molecule has 0 amide bonds. The number of rotatable bonds is 2. The van der Waals surface area contributed by atoms with Crippen LogP contribution >= 0.6 is 11.6 Å². The summed E-state index contributed by atoms with van der Waals surface area (Å²) in [7, 11) is 0. The lowest BCUT2D eigenvalue weighted by atomic mass is 10.3. The molecule has 2 aromatic rings. The van der Waals surface area contributed by atoms with E-state index in [1.54, 1.807) is 36.1 Å². The maximum absolute atomic E-state index is 10.8. The quantitative estimate of drug-likeness (QED) is 0.730. The highest BCUT2D eigenvalue weighted by Crippen LogP contribution is 2.17. The summed E-state index contributed by atoms with van der Waals surface area (Å²) in [6, 6.07) is 3.51. The molecule has 0 radical (unpaired) electrons. The van der Waals surface area contributed by atoms with E-state index in [1.165, 1.54) is 0 Å². The van der Waals surface area contributed by atoms with E-state index in [2.05, 4.69) is 10.1 Å². The van der Waals surface area contributed by atoms with Crippen LogP contribution in [-0.4, -0.2) is 21.1 Å². The first kappa shape index (κ1) is 9.86. The van der Waals surface area contributed by atoms with Crippen molar-refractivity contribution < 1.29 is 4.79 Å². The van der Waals surface area contributed by atoms with Crippen molar-refractivity contribution in [3.8, 4) is 5.69 Å². The molecule has 0 bridgehead atoms. The molecule has 0 saturated carbocycles. The fourth-order valence-electron chi connectivity index (χ4n) is 1.26. The first-order valence-corrected chi connectivity index (χ1v) is 4.72. The van der Waals surface area contributed by atoms with Gasteiger partial charge in [0.2, 0.25) is 0 Å². The van der Waals surface area contributed by atoms with E-state index in [4.69, 9.17) is 11.6 Å². The third kappa shape index (κ3) is 1.76. The second kappa shape index (κ2) is 3.82. The van der Waals surface area contributed by atoms with Crippen LogP contribution in [0, 0.1) is 6.92 Å². The van der Waals surface area contributed by atoms with E-state index in [9.17, 15) is 4.79 Å². The molecule has 0 N–H and O–H groups in total. The van der Waals surface area contributed by atoms with Crippen LogP contribution in [0.3, 0.4) is 0 Å². The minimum Gasteiger partial charge on any atom is -0.296 e. The monoisotopic (exact) mass is 221 g/mol. The summed E-state index contributed by atoms with van der Waals surface area (Å²) in [5.41, 5.74) is 1.69. The first-order valence-electron chi connectivity index (χ1n) is 4.34. The van der Waals surface area contributed by atoms with Crippen LogP contribution < -0.4 is 0 Å². The molecule has 0 aromatic carbocycles. The van der Waals surface area contributed by atoms with Gasteiger partial charge < -0.3 is 0 Å². The summed E-state index contributed by atoms with van der Waals surface area (Å²) in [5.74, 6) is 0. The number of hydrogen-bond donors (Lipinski definition) is 0. The Labute approximate surface area is 91.5 Å². The molecule has 0 unspecified atom stereocenters. The molecule has 0 fully saturated rings. The Bertz CT molecular complexity index is 488. The van der Waals surface area contributed by atoms with Gasteiger partial charge in [0.25, 0.3) is 0 Å². The number of hydrogen-bond acceptors (Lipinski definition) is 3. The number of carbonyl (C=O) groups excluding carboxylic acids is 1. The van der Waals surface area contributed by atoms with Crippen molar-refractivity contribution in [2.75, 3.05) is 0 Å². The van der Waals surface area contributed by atoms with Crippen molar-refractivity contribution in [2.24, 2.45) is 0 Å². The lowest BCUT2D eigenvalue weighted by molar-refractivity contribution is 0.111. The molecule has 4 nitrogen and oxygen atoms in total. The molecule has 2 heterocycles. The van der Waals surface area contributed by atoms with Crippen LogP contribution in [0.25, 0.3) is 5.69 Å². The van der Waals surface area contributed by atoms with E-state index in [0.29, 0.717) is 22.7 Å². The highest BCUT2D eigenvalue weighted by Gasteiger charge is 2.08. The topological polar surface area (TPSA) is 47.8 Å². The number of aldehydes is 1. The lowest BCUT2D eigenvalue weighted by Crippen LogP contribution is -2.01. The van der Waals surface area contributed by atoms with Gasteiger partial charge in [-0.1, -0.05) is 11.6 Å². The summed E-state index contributed by atoms with van der Waals surface area (Å²) >= 11 is 5.88. The van der Waals surface area contributed by atoms with Gasteiger partial charge in [0.15, 0.2) is 6.29 Å². The molecule has 76 valence electrons. The minimum absolute atomic E-state index is 0.344. The number of pyridine rings is 1. The fraction of sp³-hybridized carbons (Fsp3) is 0.100. The van der Waals surface area contributed by atoms with Gasteiger partial charge in [-0.2, -0.15) is 5.10 Å². The zero-order chi connectivity index (χ0) is 10.8. The first-order chi connectivity index (χ1) is 7.22. The Hall–Kier alpha value is -1.68. The Kier molecular flexibility index (Phi) is 2.51. The highest BCUT2D eigenvalue weighted by atomic mass is 35.5. The predicted molar refractivity (Wildman–Crippen MR) is 56.5 cm³/mol. The number of halogens is 1. The molecule has 5 heteroatoms. The standard InChI is InChI=1S/C10H8ClN3O/c1-7-8(11)5-14(13-7)10-3-2-4-12-9(10)6-15/h2-6H,1H3. The molecular formula is C10H8ClN3O. The van der Waals surface area contributed by atoms with Crippen molar-refractivity contribution in [1.82, 2.24) is 14.8 Å². The number of aromatic nitrogens is 3. The maximum Gasteiger partial charge on any atom is 0.170 e. The number of carbonyl (C=O) groups is 1. The van der Waals surface area contributed by atoms with E-state index < -0.39 is 0 Å². The van der Waals surface area contributed by atoms with Gasteiger partial charge >= 0.3 is 0 Å². The van der Waals surface area contributed by atoms with Crippen molar-refractivity contribution >= 4 is 17.9 Å². The van der Waals surface area contributed by atoms with Crippen molar-refractivity contribution in [1.29, 1.82) is 0 Å². The molecule has 2 rings (SSSR count). The largest absolute Gasteiger partial charge is 0.296 e. The van der Waals surface area contributed by atoms with Gasteiger partial charge in [0.1, 0.15) is 5.69 Å². The van der Waals surface area contributed by atoms with Crippen molar-refractivity contribution in [3.63, 3.8) is 0 Å². The van der Waals surface area contributed by atoms with Gasteiger partial charge in [-0.3, -0.25) is 9.78 Å². The zero-order valence-electron chi connectivity index (χ0n) is 8.01. The third-order valence-electron chi connectivity index (χ3n) is 2.01. The van der Waals surface area contributed by atoms with E-state index >= 15 is 0 Å². The van der Waals surface area contributed by atoms with Crippen LogP contribution in [0.1, 0.15) is 16.2 Å². The predicted octanol–water partition coefficient (Wildman–Crippen LogP) is 2.04. The Balaban J connectivity index is 2.58. The minimum atomic E-state index is 0.344. The Morgan fingerprint density at radius 2 is 2.33 bits per heavy atom. The van der Waals surface area contributed by atoms with E-state index in [-0.39, 0.29) is 0 Å². The fourth-order valence-corrected chi connectivity index (χ4v) is 1.39. The van der Waals surface area contributed by atoms with Gasteiger partial charge in [-0.25, -0.2) is 4.68 Å². The molecule has 0 aliphatic rings. The SMILES string of the molecule is Cc1nn(-c2cccnc2C=O)cc1Cl. The molecule has 15 heavy (non-hydrogen) atoms. The maximum atomic E-state index is 10.8. The van der Waals surface area contributed by atoms with Crippen LogP contribution in [-0.2, 0) is 0 Å². The zero-order valence-corrected chi connectivity index (χ0v) is 8.77. The molecule has 0 saturated heterocycles. The summed E-state index contributed by atoms with van der Waals surface area (Å²) in [6.45, 7) is 1.80. The van der Waals surface area contributed by atoms with Gasteiger partial charge in [-0.15, -0.1) is 0 Å². The Morgan fingerprint density at radius 1 is 1.53 bits per heavy atom. The van der Waals surface area contributed by atoms with Gasteiger partial charge in [0.05, 0.1) is 16.4 Å². The molecule has 0 atom stereocenters. The summed E-state index contributed by atoms with van der Waals surface area (Å²) in [5, 5.41) is 4.74. The molecule has 0 aliphatic heterocycles. The summed E-state index contributed by atoms with van der Waals surface area (Å²) in [4.78, 5) is 14.7. The summed E-state index contributed by atoms with van der Waals surface area (Å²) in [6.07, 6.45) is 3.91. The summed E-state index contributed by atoms with van der Waals surface area (Å²) < 4.78 is 1.55. The van der Waals surface area contributed by atoms with Crippen LogP contribution in [0.5, 0.6) is 0 Å². The van der Waals surface area contributed by atoms with Crippen LogP contribution in [0.2, 0.25) is 5.02 Å². The number of aryl methyl sites for hydroxylation is 1. The molecule has 0 aliphatic carbocycles. The second-order valence-electron chi connectivity index (χ2n) is 3.03. The van der Waals surface area contributed by atoms with Gasteiger partial charge in [0, 0.05) is 12.4 Å². The number of nitrogens with zero attached hydrogens (tertiary/aromatic N) is 3. The molecule has 2 aromatic heterocycles. The smallest absolute Gasteiger partial charge is 0.170 e. The third-order valence-corrected chi connectivity index (χ3v) is 2.38. The average Bonchev–Trinajstić information content (AvgIpc) is 2.59. The van der Waals surface area contributed by atoms with Crippen LogP contribution in [0.15, 0.2) is 24.5 Å². The van der Waals surface area contributed by atoms with Gasteiger partial charge in [-0.05, 0) is 19.1 Å². The Morgan fingerprint density at radius 3 is 2.93 bits per heavy atom. The van der Waals surface area contributed by atoms with E-state index in [0.717, 1.165) is 5.69 Å². The van der Waals surface area contributed by atoms with Crippen LogP contribution in [0.4, 0.5) is 0 Å². The van der Waals surface area contributed by atoms with Crippen molar-refractivity contribution in [3.05, 3.63) is 40.9 Å². The lowest BCUT2D eigenvalue weighted by Gasteiger charge is -2.02.